The molecule has 0 saturated heterocycles. The number of benzene rings is 1. The minimum absolute atomic E-state index is 0.0244. The molecular formula is C15H15N3O3S. The number of imidazole rings is 1. The molecule has 3 rings (SSSR count). The molecule has 1 aromatic heterocycles. The number of ketones is 1. The van der Waals surface area contributed by atoms with Crippen LogP contribution in [0.4, 0.5) is 5.69 Å². The third kappa shape index (κ3) is 2.71. The first kappa shape index (κ1) is 14.6. The molecule has 0 radical (unpaired) electrons. The summed E-state index contributed by atoms with van der Waals surface area (Å²) < 4.78 is 5.55. The van der Waals surface area contributed by atoms with Gasteiger partial charge < -0.3 is 14.6 Å². The number of carbonyl (C=O) groups excluding carboxylic acids is 2. The van der Waals surface area contributed by atoms with Crippen molar-refractivity contribution in [1.29, 1.82) is 0 Å². The van der Waals surface area contributed by atoms with Crippen molar-refractivity contribution in [1.82, 2.24) is 9.97 Å². The van der Waals surface area contributed by atoms with Crippen LogP contribution in [0.3, 0.4) is 0 Å². The molecule has 1 aliphatic rings. The molecule has 1 aliphatic heterocycles. The molecule has 114 valence electrons. The average molecular weight is 317 g/mol. The highest BCUT2D eigenvalue weighted by Crippen LogP contribution is 2.34. The number of likely N-dealkylation sites (N-methyl/N-ethyl adjacent to an activating group) is 1. The van der Waals surface area contributed by atoms with Gasteiger partial charge in [-0.2, -0.15) is 0 Å². The summed E-state index contributed by atoms with van der Waals surface area (Å²) in [6.07, 6.45) is 2.85. The van der Waals surface area contributed by atoms with Gasteiger partial charge in [-0.05, 0) is 25.1 Å². The van der Waals surface area contributed by atoms with Gasteiger partial charge in [0.15, 0.2) is 17.0 Å². The Balaban J connectivity index is 1.78. The number of nitrogens with one attached hydrogen (secondary N) is 1. The zero-order chi connectivity index (χ0) is 15.7. The third-order valence-corrected chi connectivity index (χ3v) is 4.34. The number of ether oxygens (including phenoxy) is 1. The Morgan fingerprint density at radius 1 is 1.50 bits per heavy atom. The third-order valence-electron chi connectivity index (χ3n) is 3.44. The second-order valence-electron chi connectivity index (χ2n) is 4.95. The quantitative estimate of drug-likeness (QED) is 0.690. The molecule has 22 heavy (non-hydrogen) atoms. The maximum atomic E-state index is 12.3. The second-order valence-corrected chi connectivity index (χ2v) is 5.91. The van der Waals surface area contributed by atoms with Crippen LogP contribution in [0.5, 0.6) is 5.75 Å². The molecule has 1 N–H and O–H groups in total. The number of anilines is 1. The summed E-state index contributed by atoms with van der Waals surface area (Å²) in [5.41, 5.74) is 1.17. The molecule has 1 atom stereocenters. The number of rotatable bonds is 4. The van der Waals surface area contributed by atoms with Crippen molar-refractivity contribution in [3.8, 4) is 5.75 Å². The Bertz CT molecular complexity index is 715. The summed E-state index contributed by atoms with van der Waals surface area (Å²) in [5, 5.41) is 0.704. The minimum atomic E-state index is -0.506. The number of hydrogen-bond acceptors (Lipinski definition) is 5. The Kier molecular flexibility index (Phi) is 3.89. The average Bonchev–Trinajstić information content (AvgIpc) is 3.03. The first-order chi connectivity index (χ1) is 10.6. The number of amides is 1. The number of hydrogen-bond donors (Lipinski definition) is 1. The maximum absolute atomic E-state index is 12.3. The van der Waals surface area contributed by atoms with Crippen molar-refractivity contribution >= 4 is 29.1 Å². The van der Waals surface area contributed by atoms with Gasteiger partial charge in [0.2, 0.25) is 0 Å². The fraction of sp³-hybridized carbons (Fsp3) is 0.267. The van der Waals surface area contributed by atoms with Gasteiger partial charge in [0.25, 0.3) is 5.91 Å². The van der Waals surface area contributed by atoms with Gasteiger partial charge in [-0.1, -0.05) is 11.8 Å². The van der Waals surface area contributed by atoms with Crippen molar-refractivity contribution in [3.63, 3.8) is 0 Å². The first-order valence-corrected chi connectivity index (χ1v) is 7.78. The molecular weight excluding hydrogens is 302 g/mol. The molecule has 0 saturated carbocycles. The van der Waals surface area contributed by atoms with Crippen LogP contribution in [-0.4, -0.2) is 40.6 Å². The van der Waals surface area contributed by atoms with E-state index in [-0.39, 0.29) is 17.4 Å². The van der Waals surface area contributed by atoms with Gasteiger partial charge in [-0.25, -0.2) is 4.98 Å². The van der Waals surface area contributed by atoms with Crippen LogP contribution in [0.25, 0.3) is 0 Å². The maximum Gasteiger partial charge on any atom is 0.267 e. The first-order valence-electron chi connectivity index (χ1n) is 6.80. The molecule has 7 heteroatoms. The van der Waals surface area contributed by atoms with Crippen molar-refractivity contribution < 1.29 is 14.3 Å². The number of carbonyl (C=O) groups is 2. The van der Waals surface area contributed by atoms with Crippen molar-refractivity contribution in [2.45, 2.75) is 18.2 Å². The molecule has 0 aliphatic carbocycles. The molecule has 6 nitrogen and oxygen atoms in total. The monoisotopic (exact) mass is 317 g/mol. The van der Waals surface area contributed by atoms with E-state index in [0.717, 1.165) is 0 Å². The summed E-state index contributed by atoms with van der Waals surface area (Å²) >= 11 is 1.34. The van der Waals surface area contributed by atoms with Crippen LogP contribution in [0.15, 0.2) is 35.7 Å². The lowest BCUT2D eigenvalue weighted by Crippen LogP contribution is -2.42. The number of fused-ring (bicyclic) bond motifs is 1. The molecule has 1 unspecified atom stereocenters. The Hall–Kier alpha value is -2.28. The molecule has 1 amide bonds. The van der Waals surface area contributed by atoms with Gasteiger partial charge in [-0.15, -0.1) is 0 Å². The van der Waals surface area contributed by atoms with E-state index < -0.39 is 6.10 Å². The van der Waals surface area contributed by atoms with Crippen molar-refractivity contribution in [3.05, 3.63) is 36.2 Å². The van der Waals surface area contributed by atoms with E-state index >= 15 is 0 Å². The number of H-pyrrole nitrogens is 1. The lowest BCUT2D eigenvalue weighted by atomic mass is 10.1. The standard InChI is InChI=1S/C15H15N3O3S/c1-9-14(20)18(2)11-7-10(3-4-13(11)21-9)12(19)8-22-15-16-5-6-17-15/h3-7,9H,8H2,1-2H3,(H,16,17). The van der Waals surface area contributed by atoms with E-state index in [1.54, 1.807) is 44.6 Å². The Morgan fingerprint density at radius 3 is 3.05 bits per heavy atom. The SMILES string of the molecule is CC1Oc2ccc(C(=O)CSc3ncc[nH]3)cc2N(C)C1=O. The normalized spacial score (nSPS) is 17.1. The largest absolute Gasteiger partial charge is 0.479 e. The minimum Gasteiger partial charge on any atom is -0.479 e. The van der Waals surface area contributed by atoms with E-state index in [2.05, 4.69) is 9.97 Å². The second kappa shape index (κ2) is 5.84. The summed E-state index contributed by atoms with van der Waals surface area (Å²) in [5.74, 6) is 0.747. The molecule has 0 fully saturated rings. The number of nitrogens with zero attached hydrogens (tertiary/aromatic N) is 2. The smallest absolute Gasteiger partial charge is 0.267 e. The number of aromatic amines is 1. The zero-order valence-electron chi connectivity index (χ0n) is 12.2. The van der Waals surface area contributed by atoms with E-state index in [0.29, 0.717) is 22.2 Å². The Morgan fingerprint density at radius 2 is 2.32 bits per heavy atom. The molecule has 2 heterocycles. The predicted octanol–water partition coefficient (Wildman–Crippen LogP) is 2.13. The number of Topliss-reactive ketones (excluding diaryl/α,β-unsaturated/α-hetero) is 1. The molecule has 1 aromatic carbocycles. The summed E-state index contributed by atoms with van der Waals surface area (Å²) in [4.78, 5) is 32.8. The van der Waals surface area contributed by atoms with E-state index in [9.17, 15) is 9.59 Å². The van der Waals surface area contributed by atoms with Gasteiger partial charge >= 0.3 is 0 Å². The molecule has 2 aromatic rings. The van der Waals surface area contributed by atoms with Gasteiger partial charge in [0.05, 0.1) is 11.4 Å². The highest BCUT2D eigenvalue weighted by atomic mass is 32.2. The van der Waals surface area contributed by atoms with Gasteiger partial charge in [0.1, 0.15) is 5.75 Å². The fourth-order valence-corrected chi connectivity index (χ4v) is 2.95. The highest BCUT2D eigenvalue weighted by molar-refractivity contribution is 7.99. The lowest BCUT2D eigenvalue weighted by molar-refractivity contribution is -0.125. The van der Waals surface area contributed by atoms with E-state index in [1.165, 1.54) is 16.7 Å². The van der Waals surface area contributed by atoms with Crippen LogP contribution in [-0.2, 0) is 4.79 Å². The predicted molar refractivity (Wildman–Crippen MR) is 83.6 cm³/mol. The van der Waals surface area contributed by atoms with Crippen LogP contribution in [0.2, 0.25) is 0 Å². The molecule has 0 spiro atoms. The number of aromatic nitrogens is 2. The van der Waals surface area contributed by atoms with E-state index in [4.69, 9.17) is 4.74 Å². The fourth-order valence-electron chi connectivity index (χ4n) is 2.23. The van der Waals surface area contributed by atoms with Crippen LogP contribution in [0, 0.1) is 0 Å². The van der Waals surface area contributed by atoms with Crippen LogP contribution >= 0.6 is 11.8 Å². The summed E-state index contributed by atoms with van der Waals surface area (Å²) in [7, 11) is 1.69. The van der Waals surface area contributed by atoms with Crippen LogP contribution in [0.1, 0.15) is 17.3 Å². The summed E-state index contributed by atoms with van der Waals surface area (Å²) in [6.45, 7) is 1.71. The molecule has 0 bridgehead atoms. The Labute approximate surface area is 131 Å². The zero-order valence-corrected chi connectivity index (χ0v) is 13.0. The van der Waals surface area contributed by atoms with E-state index in [1.807, 2.05) is 0 Å². The van der Waals surface area contributed by atoms with Crippen molar-refractivity contribution in [2.24, 2.45) is 0 Å². The lowest BCUT2D eigenvalue weighted by Gasteiger charge is -2.30. The highest BCUT2D eigenvalue weighted by Gasteiger charge is 2.29. The topological polar surface area (TPSA) is 75.3 Å². The van der Waals surface area contributed by atoms with Gasteiger partial charge in [0, 0.05) is 25.0 Å². The van der Waals surface area contributed by atoms with Crippen LogP contribution < -0.4 is 9.64 Å². The summed E-state index contributed by atoms with van der Waals surface area (Å²) in [6, 6.07) is 5.16. The van der Waals surface area contributed by atoms with Gasteiger partial charge in [-0.3, -0.25) is 9.59 Å². The number of thioether (sulfide) groups is 1. The van der Waals surface area contributed by atoms with Crippen molar-refractivity contribution in [2.75, 3.05) is 17.7 Å².